The van der Waals surface area contributed by atoms with Crippen LogP contribution in [0.3, 0.4) is 0 Å². The molecule has 304 valence electrons. The van der Waals surface area contributed by atoms with E-state index in [0.717, 1.165) is 29.3 Å². The van der Waals surface area contributed by atoms with Crippen LogP contribution in [0.25, 0.3) is 22.3 Å². The number of benzene rings is 6. The largest absolute Gasteiger partial charge is 0.508 e. The van der Waals surface area contributed by atoms with E-state index in [9.17, 15) is 60.3 Å². The normalized spacial score (nSPS) is 15.2. The fraction of sp³-hybridized carbons (Fsp3) is 0.0889. The first-order valence-electron chi connectivity index (χ1n) is 18.0. The Morgan fingerprint density at radius 1 is 0.433 bits per heavy atom. The minimum Gasteiger partial charge on any atom is -0.508 e. The fourth-order valence-corrected chi connectivity index (χ4v) is 6.62. The predicted octanol–water partition coefficient (Wildman–Crippen LogP) is 7.60. The summed E-state index contributed by atoms with van der Waals surface area (Å²) < 4.78 is 16.9. The van der Waals surface area contributed by atoms with Gasteiger partial charge in [-0.1, -0.05) is 24.3 Å². The summed E-state index contributed by atoms with van der Waals surface area (Å²) in [7, 11) is 0. The molecule has 60 heavy (non-hydrogen) atoms. The van der Waals surface area contributed by atoms with Crippen LogP contribution in [0.4, 0.5) is 0 Å². The zero-order valence-electron chi connectivity index (χ0n) is 31.0. The summed E-state index contributed by atoms with van der Waals surface area (Å²) in [4.78, 5) is 36.2. The summed E-state index contributed by atoms with van der Waals surface area (Å²) in [5.74, 6) is -0.939. The van der Waals surface area contributed by atoms with E-state index in [1.54, 1.807) is 36.4 Å². The van der Waals surface area contributed by atoms with Crippen molar-refractivity contribution in [1.29, 1.82) is 0 Å². The van der Waals surface area contributed by atoms with Crippen molar-refractivity contribution < 1.29 is 69.4 Å². The van der Waals surface area contributed by atoms with Crippen LogP contribution in [0.2, 0.25) is 0 Å². The van der Waals surface area contributed by atoms with Gasteiger partial charge >= 0.3 is 0 Å². The monoisotopic (exact) mass is 814 g/mol. The smallest absolute Gasteiger partial charge is 0.197 e. The highest BCUT2D eigenvalue weighted by Gasteiger charge is 2.32. The predicted molar refractivity (Wildman–Crippen MR) is 213 cm³/mol. The molecule has 0 saturated heterocycles. The van der Waals surface area contributed by atoms with Gasteiger partial charge < -0.3 is 59.8 Å². The van der Waals surface area contributed by atoms with Crippen LogP contribution < -0.4 is 14.9 Å². The molecule has 7 aromatic rings. The van der Waals surface area contributed by atoms with Crippen molar-refractivity contribution in [2.24, 2.45) is 0 Å². The first kappa shape index (κ1) is 39.9. The van der Waals surface area contributed by atoms with Gasteiger partial charge in [0.1, 0.15) is 103 Å². The SMILES string of the molecule is O=C1C[C@@H](c2ccc(O)cc2)Oc2cc(O)cc(O)c21.O=C1C[C@@H](c2ccc(O)cc2)Oc2cc(O)cc(O)c21.O=c1cc(-c2ccc(O)cc2)oc2cc(O)cc(O)c12. The lowest BCUT2D eigenvalue weighted by Gasteiger charge is -2.26. The summed E-state index contributed by atoms with van der Waals surface area (Å²) in [5, 5.41) is 85.3. The van der Waals surface area contributed by atoms with E-state index in [1.165, 1.54) is 60.7 Å². The molecule has 15 nitrogen and oxygen atoms in total. The van der Waals surface area contributed by atoms with Crippen LogP contribution in [-0.4, -0.2) is 57.5 Å². The van der Waals surface area contributed by atoms with Crippen LogP contribution in [-0.2, 0) is 0 Å². The van der Waals surface area contributed by atoms with Crippen molar-refractivity contribution in [3.63, 3.8) is 0 Å². The highest BCUT2D eigenvalue weighted by molar-refractivity contribution is 6.03. The molecule has 2 aliphatic heterocycles. The Kier molecular flexibility index (Phi) is 10.8. The summed E-state index contributed by atoms with van der Waals surface area (Å²) >= 11 is 0. The Labute approximate surface area is 338 Å². The van der Waals surface area contributed by atoms with Crippen LogP contribution in [0, 0.1) is 0 Å². The van der Waals surface area contributed by atoms with Gasteiger partial charge in [-0.15, -0.1) is 0 Å². The van der Waals surface area contributed by atoms with Crippen LogP contribution in [0.15, 0.2) is 124 Å². The zero-order valence-corrected chi connectivity index (χ0v) is 31.0. The average Bonchev–Trinajstić information content (AvgIpc) is 3.18. The molecule has 0 aliphatic carbocycles. The molecule has 0 spiro atoms. The number of hydrogen-bond donors (Lipinski definition) is 9. The summed E-state index contributed by atoms with van der Waals surface area (Å²) in [5.41, 5.74) is 1.96. The number of phenolic OH excluding ortho intramolecular Hbond substituents is 9. The molecule has 0 saturated carbocycles. The number of carbonyl (C=O) groups excluding carboxylic acids is 2. The second-order valence-electron chi connectivity index (χ2n) is 13.7. The molecule has 0 bridgehead atoms. The van der Waals surface area contributed by atoms with Crippen LogP contribution in [0.5, 0.6) is 63.2 Å². The number of Topliss-reactive ketones (excluding diaryl/α,β-unsaturated/α-hetero) is 2. The molecule has 9 rings (SSSR count). The standard InChI is InChI=1S/2C15H12O5.C15H10O5/c3*16-9-3-1-8(2-4-9)13-7-12(19)15-11(18)5-10(17)6-14(15)20-13/h2*1-6,13,16-18H,7H2;1-7,16-18H/t2*13-;/m00./s1. The third kappa shape index (κ3) is 8.50. The molecule has 3 heterocycles. The molecule has 0 fully saturated rings. The van der Waals surface area contributed by atoms with Crippen molar-refractivity contribution in [2.45, 2.75) is 25.0 Å². The van der Waals surface area contributed by atoms with E-state index in [2.05, 4.69) is 0 Å². The minimum atomic E-state index is -0.503. The Morgan fingerprint density at radius 3 is 1.28 bits per heavy atom. The second-order valence-corrected chi connectivity index (χ2v) is 13.7. The molecule has 15 heteroatoms. The molecular weight excluding hydrogens is 780 g/mol. The van der Waals surface area contributed by atoms with Gasteiger partial charge in [0.25, 0.3) is 0 Å². The van der Waals surface area contributed by atoms with E-state index in [4.69, 9.17) is 13.9 Å². The highest BCUT2D eigenvalue weighted by atomic mass is 16.5. The maximum Gasteiger partial charge on any atom is 0.197 e. The first-order chi connectivity index (χ1) is 28.6. The van der Waals surface area contributed by atoms with Gasteiger partial charge in [0.15, 0.2) is 17.0 Å². The van der Waals surface area contributed by atoms with Crippen molar-refractivity contribution in [3.8, 4) is 74.6 Å². The Bertz CT molecular complexity index is 2690. The van der Waals surface area contributed by atoms with Gasteiger partial charge in [0.2, 0.25) is 0 Å². The van der Waals surface area contributed by atoms with Gasteiger partial charge in [0.05, 0.1) is 12.8 Å². The summed E-state index contributed by atoms with van der Waals surface area (Å²) in [6, 6.07) is 27.3. The molecule has 2 aliphatic rings. The molecule has 1 aromatic heterocycles. The number of carbonyl (C=O) groups is 2. The zero-order chi connectivity index (χ0) is 42.8. The van der Waals surface area contributed by atoms with E-state index in [1.807, 2.05) is 0 Å². The van der Waals surface area contributed by atoms with Crippen molar-refractivity contribution >= 4 is 22.5 Å². The molecule has 6 aromatic carbocycles. The summed E-state index contributed by atoms with van der Waals surface area (Å²) in [6.45, 7) is 0. The Morgan fingerprint density at radius 2 is 0.833 bits per heavy atom. The number of aromatic hydroxyl groups is 9. The van der Waals surface area contributed by atoms with E-state index in [-0.39, 0.29) is 116 Å². The number of rotatable bonds is 3. The van der Waals surface area contributed by atoms with Crippen LogP contribution >= 0.6 is 0 Å². The van der Waals surface area contributed by atoms with Gasteiger partial charge in [-0.3, -0.25) is 14.4 Å². The number of ketones is 2. The average molecular weight is 815 g/mol. The highest BCUT2D eigenvalue weighted by Crippen LogP contribution is 2.43. The third-order valence-electron chi connectivity index (χ3n) is 9.45. The van der Waals surface area contributed by atoms with Crippen molar-refractivity contribution in [1.82, 2.24) is 0 Å². The number of hydrogen-bond acceptors (Lipinski definition) is 15. The lowest BCUT2D eigenvalue weighted by Crippen LogP contribution is -2.20. The number of phenols is 9. The maximum absolute atomic E-state index is 12.1. The lowest BCUT2D eigenvalue weighted by atomic mass is 9.95. The van der Waals surface area contributed by atoms with Crippen molar-refractivity contribution in [3.05, 3.63) is 148 Å². The van der Waals surface area contributed by atoms with Crippen molar-refractivity contribution in [2.75, 3.05) is 0 Å². The molecule has 0 unspecified atom stereocenters. The topological polar surface area (TPSA) is 265 Å². The van der Waals surface area contributed by atoms with Gasteiger partial charge in [-0.25, -0.2) is 0 Å². The lowest BCUT2D eigenvalue weighted by molar-refractivity contribution is 0.0834. The summed E-state index contributed by atoms with van der Waals surface area (Å²) in [6.07, 6.45) is -0.819. The Hall–Kier alpha value is -8.33. The van der Waals surface area contributed by atoms with E-state index in [0.29, 0.717) is 5.56 Å². The molecule has 0 amide bonds. The molecular formula is C45H34O15. The quantitative estimate of drug-likeness (QED) is 0.0831. The number of ether oxygens (including phenoxy) is 2. The van der Waals surface area contributed by atoms with Gasteiger partial charge in [-0.05, 0) is 59.7 Å². The van der Waals surface area contributed by atoms with E-state index >= 15 is 0 Å². The second kappa shape index (κ2) is 16.3. The molecule has 0 radical (unpaired) electrons. The Balaban J connectivity index is 0.000000136. The van der Waals surface area contributed by atoms with Gasteiger partial charge in [0, 0.05) is 48.0 Å². The molecule has 2 atom stereocenters. The van der Waals surface area contributed by atoms with Crippen LogP contribution in [0.1, 0.15) is 56.9 Å². The van der Waals surface area contributed by atoms with E-state index < -0.39 is 17.6 Å². The fourth-order valence-electron chi connectivity index (χ4n) is 6.62. The maximum atomic E-state index is 12.1. The number of fused-ring (bicyclic) bond motifs is 3. The first-order valence-corrected chi connectivity index (χ1v) is 18.0. The third-order valence-corrected chi connectivity index (χ3v) is 9.45. The minimum absolute atomic E-state index is 0.0188. The van der Waals surface area contributed by atoms with Gasteiger partial charge in [-0.2, -0.15) is 0 Å². The molecule has 9 N–H and O–H groups in total.